The van der Waals surface area contributed by atoms with E-state index in [0.29, 0.717) is 25.8 Å². The number of unbranched alkanes of at least 4 members (excludes halogenated alkanes) is 8. The van der Waals surface area contributed by atoms with Crippen molar-refractivity contribution >= 4 is 11.7 Å². The first kappa shape index (κ1) is 52.7. The van der Waals surface area contributed by atoms with Gasteiger partial charge in [0.15, 0.2) is 11.5 Å². The minimum atomic E-state index is -4.69. The van der Waals surface area contributed by atoms with Crippen LogP contribution in [0.3, 0.4) is 0 Å². The van der Waals surface area contributed by atoms with E-state index >= 15 is 0 Å². The Labute approximate surface area is 343 Å². The molecule has 1 rings (SSSR count). The predicted octanol–water partition coefficient (Wildman–Crippen LogP) is 14.2. The third-order valence-electron chi connectivity index (χ3n) is 8.56. The molecule has 0 heterocycles. The molecular weight excluding hydrogens is 724 g/mol. The van der Waals surface area contributed by atoms with Crippen molar-refractivity contribution in [1.82, 2.24) is 5.32 Å². The van der Waals surface area contributed by atoms with Gasteiger partial charge in [-0.25, -0.2) is 0 Å². The van der Waals surface area contributed by atoms with Crippen LogP contribution < -0.4 is 5.32 Å². The van der Waals surface area contributed by atoms with E-state index < -0.39 is 18.4 Å². The van der Waals surface area contributed by atoms with Gasteiger partial charge in [0.1, 0.15) is 0 Å². The van der Waals surface area contributed by atoms with Crippen molar-refractivity contribution in [3.8, 4) is 11.5 Å². The zero-order valence-electron chi connectivity index (χ0n) is 34.9. The number of benzene rings is 1. The Morgan fingerprint density at radius 1 is 0.544 bits per heavy atom. The summed E-state index contributed by atoms with van der Waals surface area (Å²) in [5, 5.41) is 21.7. The molecule has 0 radical (unpaired) electrons. The molecule has 0 bridgehead atoms. The highest BCUT2D eigenvalue weighted by Crippen LogP contribution is 2.25. The van der Waals surface area contributed by atoms with Crippen LogP contribution in [0.4, 0.5) is 13.2 Å². The fourth-order valence-electron chi connectivity index (χ4n) is 5.18. The largest absolute Gasteiger partial charge is 0.504 e. The molecule has 1 aromatic rings. The van der Waals surface area contributed by atoms with Crippen molar-refractivity contribution in [2.45, 2.75) is 155 Å². The van der Waals surface area contributed by atoms with Crippen LogP contribution in [-0.2, 0) is 16.0 Å². The molecule has 0 saturated heterocycles. The summed E-state index contributed by atoms with van der Waals surface area (Å²) in [6.45, 7) is 4.96. The number of Topliss-reactive ketones (excluding diaryl/α,β-unsaturated/α-hetero) is 1. The van der Waals surface area contributed by atoms with Gasteiger partial charge in [0, 0.05) is 19.4 Å². The molecule has 8 heteroatoms. The molecule has 3 N–H and O–H groups in total. The number of hydrogen-bond donors (Lipinski definition) is 3. The average molecular weight is 796 g/mol. The number of phenols is 2. The molecule has 0 aliphatic rings. The van der Waals surface area contributed by atoms with Crippen molar-refractivity contribution in [3.05, 3.63) is 121 Å². The lowest BCUT2D eigenvalue weighted by Crippen LogP contribution is -2.25. The predicted molar refractivity (Wildman–Crippen MR) is 234 cm³/mol. The summed E-state index contributed by atoms with van der Waals surface area (Å²) >= 11 is 0. The van der Waals surface area contributed by atoms with Gasteiger partial charge in [-0.3, -0.25) is 9.59 Å². The highest BCUT2D eigenvalue weighted by Gasteiger charge is 2.36. The van der Waals surface area contributed by atoms with Gasteiger partial charge in [0.2, 0.25) is 11.7 Å². The Hall–Kier alpha value is -4.33. The lowest BCUT2D eigenvalue weighted by molar-refractivity contribution is -0.171. The number of phenolic OH excluding ortho intramolecular Hbond substituents is 2. The molecule has 0 fully saturated rings. The number of hydrogen-bond acceptors (Lipinski definition) is 4. The van der Waals surface area contributed by atoms with E-state index in [0.717, 1.165) is 63.4 Å². The van der Waals surface area contributed by atoms with E-state index in [-0.39, 0.29) is 23.8 Å². The molecule has 0 spiro atoms. The van der Waals surface area contributed by atoms with Crippen LogP contribution in [0.25, 0.3) is 0 Å². The summed E-state index contributed by atoms with van der Waals surface area (Å²) in [4.78, 5) is 22.5. The zero-order chi connectivity index (χ0) is 42.1. The van der Waals surface area contributed by atoms with Gasteiger partial charge in [-0.1, -0.05) is 143 Å². The maximum atomic E-state index is 12.0. The molecule has 1 aromatic carbocycles. The molecule has 0 aliphatic carbocycles. The smallest absolute Gasteiger partial charge is 0.449 e. The Morgan fingerprint density at radius 2 is 0.930 bits per heavy atom. The summed E-state index contributed by atoms with van der Waals surface area (Å²) in [7, 11) is 0. The van der Waals surface area contributed by atoms with Crippen LogP contribution in [0.1, 0.15) is 148 Å². The Kier molecular flexibility index (Phi) is 35.6. The fourth-order valence-corrected chi connectivity index (χ4v) is 5.18. The van der Waals surface area contributed by atoms with Crippen LogP contribution in [0, 0.1) is 0 Å². The van der Waals surface area contributed by atoms with Gasteiger partial charge in [0.05, 0.1) is 0 Å². The molecule has 0 saturated carbocycles. The van der Waals surface area contributed by atoms with Gasteiger partial charge in [-0.05, 0) is 114 Å². The van der Waals surface area contributed by atoms with E-state index in [1.165, 1.54) is 57.1 Å². The molecule has 5 nitrogen and oxygen atoms in total. The number of halogens is 3. The SMILES string of the molecule is CCCCC/C=C\C/C=C\C/C=C\C/C=C\CCCC(=O)C(F)(F)F.CCCCC/C=C\C/C=C\C/C=C\C/C=C\CCCC(=O)NCCc1ccc(O)c(O)c1. The number of nitrogens with one attached hydrogen (secondary N) is 1. The van der Waals surface area contributed by atoms with Crippen molar-refractivity contribution in [3.63, 3.8) is 0 Å². The van der Waals surface area contributed by atoms with E-state index in [1.54, 1.807) is 6.07 Å². The van der Waals surface area contributed by atoms with E-state index in [9.17, 15) is 33.0 Å². The second-order valence-corrected chi connectivity index (χ2v) is 13.8. The molecule has 0 atom stereocenters. The van der Waals surface area contributed by atoms with Crippen LogP contribution >= 0.6 is 0 Å². The van der Waals surface area contributed by atoms with Crippen LogP contribution in [-0.4, -0.2) is 34.6 Å². The maximum absolute atomic E-state index is 12.0. The van der Waals surface area contributed by atoms with Crippen LogP contribution in [0.5, 0.6) is 11.5 Å². The lowest BCUT2D eigenvalue weighted by atomic mass is 10.1. The van der Waals surface area contributed by atoms with E-state index in [1.807, 2.05) is 18.2 Å². The fraction of sp³-hybridized carbons (Fsp3) is 0.510. The van der Waals surface area contributed by atoms with Gasteiger partial charge in [-0.2, -0.15) is 13.2 Å². The Balaban J connectivity index is 0.00000114. The molecule has 318 valence electrons. The summed E-state index contributed by atoms with van der Waals surface area (Å²) in [6, 6.07) is 4.72. The first-order chi connectivity index (χ1) is 27.6. The standard InChI is InChI=1S/C28H41NO3.C21H31F3O/c1-2-3-4-5-6-7-8-9-10-11-12-13-14-15-16-17-18-19-28(32)29-23-22-25-20-21-26(30)27(31)24-25;1-2-3-4-5-6-7-8-9-10-11-12-13-14-15-16-17-18-19-20(25)21(22,23)24/h6-7,9-10,12-13,15-16,20-21,24,30-31H,2-5,8,11,14,17-19,22-23H2,1H3,(H,29,32);6-7,9-10,12-13,15-16H,2-5,8,11,14,17-19H2,1H3/b2*7-6-,10-9-,13-12-,16-15-. The number of amides is 1. The number of rotatable bonds is 31. The number of alkyl halides is 3. The molecular formula is C49H72F3NO4. The first-order valence-electron chi connectivity index (χ1n) is 21.2. The van der Waals surface area contributed by atoms with Crippen LogP contribution in [0.2, 0.25) is 0 Å². The quantitative estimate of drug-likeness (QED) is 0.0397. The summed E-state index contributed by atoms with van der Waals surface area (Å²) < 4.78 is 35.9. The maximum Gasteiger partial charge on any atom is 0.449 e. The van der Waals surface area contributed by atoms with Crippen molar-refractivity contribution in [1.29, 1.82) is 0 Å². The third kappa shape index (κ3) is 37.0. The summed E-state index contributed by atoms with van der Waals surface area (Å²) in [5.74, 6) is -1.85. The second kappa shape index (κ2) is 38.5. The second-order valence-electron chi connectivity index (χ2n) is 13.8. The Bertz CT molecular complexity index is 1400. The molecule has 0 aliphatic heterocycles. The molecule has 57 heavy (non-hydrogen) atoms. The van der Waals surface area contributed by atoms with Crippen molar-refractivity contribution < 1.29 is 33.0 Å². The monoisotopic (exact) mass is 796 g/mol. The summed E-state index contributed by atoms with van der Waals surface area (Å²) in [6.07, 6.45) is 48.3. The Morgan fingerprint density at radius 3 is 1.32 bits per heavy atom. The summed E-state index contributed by atoms with van der Waals surface area (Å²) in [5.41, 5.74) is 0.877. The highest BCUT2D eigenvalue weighted by molar-refractivity contribution is 5.83. The van der Waals surface area contributed by atoms with Crippen LogP contribution in [0.15, 0.2) is 115 Å². The normalized spacial score (nSPS) is 12.5. The number of ketones is 1. The number of carbonyl (C=O) groups is 2. The number of allylic oxidation sites excluding steroid dienone is 16. The first-order valence-corrected chi connectivity index (χ1v) is 21.2. The minimum Gasteiger partial charge on any atom is -0.504 e. The number of aromatic hydroxyl groups is 2. The van der Waals surface area contributed by atoms with Crippen molar-refractivity contribution in [2.75, 3.05) is 6.54 Å². The molecule has 1 amide bonds. The van der Waals surface area contributed by atoms with Crippen molar-refractivity contribution in [2.24, 2.45) is 0 Å². The van der Waals surface area contributed by atoms with Gasteiger partial charge in [-0.15, -0.1) is 0 Å². The topological polar surface area (TPSA) is 86.6 Å². The molecule has 0 aromatic heterocycles. The number of carbonyl (C=O) groups excluding carboxylic acids is 2. The third-order valence-corrected chi connectivity index (χ3v) is 8.56. The zero-order valence-corrected chi connectivity index (χ0v) is 34.9. The van der Waals surface area contributed by atoms with E-state index in [4.69, 9.17) is 0 Å². The van der Waals surface area contributed by atoms with Gasteiger partial charge in [0.25, 0.3) is 0 Å². The average Bonchev–Trinajstić information content (AvgIpc) is 3.18. The van der Waals surface area contributed by atoms with Gasteiger partial charge >= 0.3 is 6.18 Å². The highest BCUT2D eigenvalue weighted by atomic mass is 19.4. The lowest BCUT2D eigenvalue weighted by Gasteiger charge is -2.06. The van der Waals surface area contributed by atoms with E-state index in [2.05, 4.69) is 98.2 Å². The molecule has 0 unspecified atom stereocenters. The van der Waals surface area contributed by atoms with Gasteiger partial charge < -0.3 is 15.5 Å². The minimum absolute atomic E-state index is 0.0453.